The third kappa shape index (κ3) is 6.93. The number of aliphatic hydroxyl groups excluding tert-OH is 1. The van der Waals surface area contributed by atoms with Gasteiger partial charge in [0.25, 0.3) is 5.91 Å². The first kappa shape index (κ1) is 29.8. The van der Waals surface area contributed by atoms with Crippen LogP contribution in [0.2, 0.25) is 0 Å². The van der Waals surface area contributed by atoms with E-state index in [1.807, 2.05) is 6.07 Å². The predicted octanol–water partition coefficient (Wildman–Crippen LogP) is 5.55. The van der Waals surface area contributed by atoms with Crippen molar-refractivity contribution in [3.05, 3.63) is 65.4 Å². The number of halogens is 3. The minimum atomic E-state index is -4.15. The van der Waals surface area contributed by atoms with Gasteiger partial charge in [0.1, 0.15) is 0 Å². The normalized spacial score (nSPS) is 18.9. The van der Waals surface area contributed by atoms with Crippen molar-refractivity contribution in [2.75, 3.05) is 19.0 Å². The molecule has 7 nitrogen and oxygen atoms in total. The first-order chi connectivity index (χ1) is 18.9. The van der Waals surface area contributed by atoms with Crippen LogP contribution < -0.4 is 10.1 Å². The first-order valence-electron chi connectivity index (χ1n) is 13.3. The van der Waals surface area contributed by atoms with Crippen molar-refractivity contribution in [3.8, 4) is 5.88 Å². The molecule has 0 bridgehead atoms. The molecule has 1 fully saturated rings. The summed E-state index contributed by atoms with van der Waals surface area (Å²) >= 11 is 0. The molecule has 11 heteroatoms. The summed E-state index contributed by atoms with van der Waals surface area (Å²) < 4.78 is 69.0. The zero-order valence-corrected chi connectivity index (χ0v) is 23.2. The molecule has 1 aliphatic rings. The summed E-state index contributed by atoms with van der Waals surface area (Å²) in [7, 11) is -3.37. The molecule has 0 radical (unpaired) electrons. The van der Waals surface area contributed by atoms with Crippen LogP contribution in [0.5, 0.6) is 5.88 Å². The number of aryl methyl sites for hydroxylation is 1. The highest BCUT2D eigenvalue weighted by Crippen LogP contribution is 2.39. The van der Waals surface area contributed by atoms with Crippen LogP contribution in [0.15, 0.2) is 53.4 Å². The number of carbonyl (C=O) groups is 1. The second kappa shape index (κ2) is 12.1. The number of aromatic nitrogens is 1. The van der Waals surface area contributed by atoms with E-state index < -0.39 is 33.9 Å². The fourth-order valence-corrected chi connectivity index (χ4v) is 5.89. The van der Waals surface area contributed by atoms with E-state index in [-0.39, 0.29) is 42.6 Å². The number of pyridine rings is 1. The Morgan fingerprint density at radius 1 is 1.10 bits per heavy atom. The first-order valence-corrected chi connectivity index (χ1v) is 14.9. The summed E-state index contributed by atoms with van der Waals surface area (Å²) in [5.74, 6) is -1.31. The minimum absolute atomic E-state index is 0.0209. The SMILES string of the molecule is CCS(=O)(=O)c1ccc([C@H](CO)NC(=O)c2ccc3c(OC[C@H]4CC[C@H](C(F)(F)F)CC4)nc(C)cc3c2)cc1. The van der Waals surface area contributed by atoms with Crippen LogP contribution in [0.3, 0.4) is 0 Å². The fraction of sp³-hybridized carbons (Fsp3) is 0.448. The molecule has 216 valence electrons. The Morgan fingerprint density at radius 2 is 1.77 bits per heavy atom. The van der Waals surface area contributed by atoms with Gasteiger partial charge in [-0.25, -0.2) is 13.4 Å². The maximum Gasteiger partial charge on any atom is 0.391 e. The maximum absolute atomic E-state index is 13.1. The Bertz CT molecular complexity index is 1450. The van der Waals surface area contributed by atoms with E-state index in [0.717, 1.165) is 0 Å². The van der Waals surface area contributed by atoms with Gasteiger partial charge in [-0.2, -0.15) is 13.2 Å². The number of benzene rings is 2. The summed E-state index contributed by atoms with van der Waals surface area (Å²) in [4.78, 5) is 17.7. The lowest BCUT2D eigenvalue weighted by Gasteiger charge is -2.29. The largest absolute Gasteiger partial charge is 0.477 e. The number of amides is 1. The van der Waals surface area contributed by atoms with Crippen molar-refractivity contribution in [2.24, 2.45) is 11.8 Å². The van der Waals surface area contributed by atoms with E-state index in [9.17, 15) is 31.5 Å². The minimum Gasteiger partial charge on any atom is -0.477 e. The summed E-state index contributed by atoms with van der Waals surface area (Å²) in [5.41, 5.74) is 1.57. The Kier molecular flexibility index (Phi) is 9.04. The van der Waals surface area contributed by atoms with Gasteiger partial charge in [-0.15, -0.1) is 0 Å². The number of hydrogen-bond donors (Lipinski definition) is 2. The highest BCUT2D eigenvalue weighted by molar-refractivity contribution is 7.91. The number of ether oxygens (including phenoxy) is 1. The Hall–Kier alpha value is -3.18. The van der Waals surface area contributed by atoms with Gasteiger partial charge in [0.05, 0.1) is 35.8 Å². The van der Waals surface area contributed by atoms with Crippen LogP contribution in [-0.2, 0) is 9.84 Å². The van der Waals surface area contributed by atoms with Gasteiger partial charge in [-0.3, -0.25) is 4.79 Å². The number of aliphatic hydroxyl groups is 1. The van der Waals surface area contributed by atoms with Crippen molar-refractivity contribution < 1.29 is 36.2 Å². The maximum atomic E-state index is 13.1. The van der Waals surface area contributed by atoms with Gasteiger partial charge in [0.2, 0.25) is 5.88 Å². The van der Waals surface area contributed by atoms with Crippen molar-refractivity contribution in [2.45, 2.75) is 56.6 Å². The Labute approximate surface area is 231 Å². The predicted molar refractivity (Wildman–Crippen MR) is 145 cm³/mol. The second-order valence-corrected chi connectivity index (χ2v) is 12.5. The summed E-state index contributed by atoms with van der Waals surface area (Å²) in [6.45, 7) is 3.24. The van der Waals surface area contributed by atoms with E-state index in [1.165, 1.54) is 12.1 Å². The molecule has 2 aromatic carbocycles. The monoisotopic (exact) mass is 578 g/mol. The van der Waals surface area contributed by atoms with Gasteiger partial charge in [0.15, 0.2) is 9.84 Å². The van der Waals surface area contributed by atoms with Crippen LogP contribution in [0.4, 0.5) is 13.2 Å². The molecule has 1 aliphatic carbocycles. The number of sulfone groups is 1. The van der Waals surface area contributed by atoms with Crippen LogP contribution in [0, 0.1) is 18.8 Å². The van der Waals surface area contributed by atoms with Crippen LogP contribution >= 0.6 is 0 Å². The van der Waals surface area contributed by atoms with E-state index in [1.54, 1.807) is 44.2 Å². The number of nitrogens with zero attached hydrogens (tertiary/aromatic N) is 1. The highest BCUT2D eigenvalue weighted by Gasteiger charge is 2.41. The van der Waals surface area contributed by atoms with E-state index in [4.69, 9.17) is 4.74 Å². The average molecular weight is 579 g/mol. The summed E-state index contributed by atoms with van der Waals surface area (Å²) in [6, 6.07) is 12.1. The van der Waals surface area contributed by atoms with Crippen LogP contribution in [-0.4, -0.2) is 49.6 Å². The van der Waals surface area contributed by atoms with Gasteiger partial charge < -0.3 is 15.2 Å². The molecule has 2 N–H and O–H groups in total. The second-order valence-electron chi connectivity index (χ2n) is 10.3. The molecule has 4 rings (SSSR count). The number of carbonyl (C=O) groups excluding carboxylic acids is 1. The Morgan fingerprint density at radius 3 is 2.38 bits per heavy atom. The number of fused-ring (bicyclic) bond motifs is 1. The fourth-order valence-electron chi connectivity index (χ4n) is 5.01. The van der Waals surface area contributed by atoms with E-state index in [0.29, 0.717) is 46.3 Å². The van der Waals surface area contributed by atoms with Crippen molar-refractivity contribution in [1.82, 2.24) is 10.3 Å². The lowest BCUT2D eigenvalue weighted by atomic mass is 9.82. The molecule has 0 saturated heterocycles. The standard InChI is InChI=1S/C29H33F3N2O5S/c1-3-40(37,38)24-11-6-20(7-12-24)26(16-35)34-27(36)21-8-13-25-22(15-21)14-18(2)33-28(25)39-17-19-4-9-23(10-5-19)29(30,31)32/h6-8,11-15,19,23,26,35H,3-5,9-10,16-17H2,1-2H3,(H,34,36)/t19-,23-,26-/m0/s1. The molecular weight excluding hydrogens is 545 g/mol. The third-order valence-corrected chi connectivity index (χ3v) is 9.21. The average Bonchev–Trinajstić information content (AvgIpc) is 2.93. The number of nitrogens with one attached hydrogen (secondary N) is 1. The van der Waals surface area contributed by atoms with E-state index >= 15 is 0 Å². The zero-order valence-electron chi connectivity index (χ0n) is 22.4. The molecule has 3 aromatic rings. The number of alkyl halides is 3. The molecule has 1 amide bonds. The lowest BCUT2D eigenvalue weighted by Crippen LogP contribution is -2.30. The smallest absolute Gasteiger partial charge is 0.391 e. The van der Waals surface area contributed by atoms with E-state index in [2.05, 4.69) is 10.3 Å². The molecule has 1 aromatic heterocycles. The van der Waals surface area contributed by atoms with Gasteiger partial charge in [-0.05, 0) is 85.9 Å². The molecule has 0 aliphatic heterocycles. The number of hydrogen-bond acceptors (Lipinski definition) is 6. The quantitative estimate of drug-likeness (QED) is 0.345. The molecule has 1 atom stereocenters. The summed E-state index contributed by atoms with van der Waals surface area (Å²) in [5, 5.41) is 14.1. The molecular formula is C29H33F3N2O5S. The summed E-state index contributed by atoms with van der Waals surface area (Å²) in [6.07, 6.45) is -3.05. The molecule has 1 saturated carbocycles. The molecule has 1 heterocycles. The third-order valence-electron chi connectivity index (χ3n) is 7.46. The Balaban J connectivity index is 1.45. The van der Waals surface area contributed by atoms with Gasteiger partial charge >= 0.3 is 6.18 Å². The van der Waals surface area contributed by atoms with Crippen molar-refractivity contribution in [1.29, 1.82) is 0 Å². The van der Waals surface area contributed by atoms with Crippen molar-refractivity contribution >= 4 is 26.5 Å². The topological polar surface area (TPSA) is 106 Å². The van der Waals surface area contributed by atoms with Gasteiger partial charge in [0, 0.05) is 16.6 Å². The molecule has 40 heavy (non-hydrogen) atoms. The highest BCUT2D eigenvalue weighted by atomic mass is 32.2. The van der Waals surface area contributed by atoms with Gasteiger partial charge in [-0.1, -0.05) is 19.1 Å². The van der Waals surface area contributed by atoms with Crippen LogP contribution in [0.25, 0.3) is 10.8 Å². The van der Waals surface area contributed by atoms with Crippen LogP contribution in [0.1, 0.15) is 60.3 Å². The van der Waals surface area contributed by atoms with Crippen molar-refractivity contribution in [3.63, 3.8) is 0 Å². The zero-order chi connectivity index (χ0) is 29.1. The number of rotatable bonds is 9. The molecule has 0 spiro atoms. The molecule has 0 unspecified atom stereocenters. The lowest BCUT2D eigenvalue weighted by molar-refractivity contribution is -0.184.